The van der Waals surface area contributed by atoms with Crippen molar-refractivity contribution < 1.29 is 4.79 Å². The maximum Gasteiger partial charge on any atom is 0.262 e. The minimum Gasteiger partial charge on any atom is -0.355 e. The Balaban J connectivity index is 1.68. The van der Waals surface area contributed by atoms with E-state index in [2.05, 4.69) is 29.4 Å². The van der Waals surface area contributed by atoms with Gasteiger partial charge < -0.3 is 5.32 Å². The van der Waals surface area contributed by atoms with Crippen LogP contribution in [0.5, 0.6) is 0 Å². The average molecular weight is 396 g/mol. The molecule has 5 nitrogen and oxygen atoms in total. The molecule has 0 aliphatic carbocycles. The van der Waals surface area contributed by atoms with Gasteiger partial charge in [-0.25, -0.2) is 4.98 Å². The Bertz CT molecular complexity index is 1020. The van der Waals surface area contributed by atoms with Gasteiger partial charge in [0.1, 0.15) is 0 Å². The summed E-state index contributed by atoms with van der Waals surface area (Å²) in [6.07, 6.45) is 0. The fraction of sp³-hybridized carbons (Fsp3) is 0.318. The number of carbonyl (C=O) groups excluding carboxylic acids is 1. The second-order valence-electron chi connectivity index (χ2n) is 7.08. The number of amides is 1. The smallest absolute Gasteiger partial charge is 0.262 e. The molecular formula is C22H25N3O2S. The van der Waals surface area contributed by atoms with Crippen LogP contribution in [0.25, 0.3) is 10.9 Å². The fourth-order valence-electron chi connectivity index (χ4n) is 3.03. The summed E-state index contributed by atoms with van der Waals surface area (Å²) in [6.45, 7) is 6.56. The number of fused-ring (bicyclic) bond motifs is 1. The predicted octanol–water partition coefficient (Wildman–Crippen LogP) is 3.99. The number of nitrogens with zero attached hydrogens (tertiary/aromatic N) is 2. The van der Waals surface area contributed by atoms with Gasteiger partial charge in [0, 0.05) is 12.6 Å². The number of thioether (sulfide) groups is 1. The predicted molar refractivity (Wildman–Crippen MR) is 115 cm³/mol. The molecule has 3 rings (SSSR count). The van der Waals surface area contributed by atoms with Crippen LogP contribution >= 0.6 is 11.8 Å². The van der Waals surface area contributed by atoms with Gasteiger partial charge in [-0.3, -0.25) is 14.2 Å². The minimum absolute atomic E-state index is 0.0340. The van der Waals surface area contributed by atoms with Gasteiger partial charge in [0.05, 0.1) is 16.7 Å². The first-order valence-electron chi connectivity index (χ1n) is 9.43. The van der Waals surface area contributed by atoms with E-state index < -0.39 is 0 Å². The molecule has 0 saturated carbocycles. The van der Waals surface area contributed by atoms with Gasteiger partial charge >= 0.3 is 0 Å². The molecule has 1 amide bonds. The Kier molecular flexibility index (Phi) is 6.52. The van der Waals surface area contributed by atoms with E-state index in [-0.39, 0.29) is 29.2 Å². The molecule has 0 aliphatic rings. The molecule has 0 radical (unpaired) electrons. The van der Waals surface area contributed by atoms with Crippen molar-refractivity contribution in [3.05, 3.63) is 70.5 Å². The lowest BCUT2D eigenvalue weighted by Crippen LogP contribution is -2.30. The van der Waals surface area contributed by atoms with Crippen molar-refractivity contribution in [2.45, 2.75) is 37.9 Å². The van der Waals surface area contributed by atoms with Crippen LogP contribution in [0.1, 0.15) is 38.3 Å². The molecular weight excluding hydrogens is 370 g/mol. The number of hydrogen-bond donors (Lipinski definition) is 1. The van der Waals surface area contributed by atoms with Crippen LogP contribution in [-0.4, -0.2) is 27.8 Å². The van der Waals surface area contributed by atoms with Crippen molar-refractivity contribution in [2.75, 3.05) is 12.3 Å². The minimum atomic E-state index is -0.0683. The van der Waals surface area contributed by atoms with Crippen LogP contribution in [0, 0.1) is 0 Å². The summed E-state index contributed by atoms with van der Waals surface area (Å²) in [6, 6.07) is 17.4. The summed E-state index contributed by atoms with van der Waals surface area (Å²) >= 11 is 1.30. The summed E-state index contributed by atoms with van der Waals surface area (Å²) in [7, 11) is 0. The molecule has 0 bridgehead atoms. The standard InChI is InChI=1S/C22H25N3O2S/c1-15(2)25-21(27)18-11-7-8-12-19(18)24-22(25)28-14-20(26)23-13-16(3)17-9-5-4-6-10-17/h4-12,15-16H,13-14H2,1-3H3,(H,23,26)/t16-/m0/s1. The average Bonchev–Trinajstić information content (AvgIpc) is 2.70. The molecule has 1 atom stereocenters. The topological polar surface area (TPSA) is 64.0 Å². The van der Waals surface area contributed by atoms with E-state index in [0.717, 1.165) is 0 Å². The summed E-state index contributed by atoms with van der Waals surface area (Å²) in [5.74, 6) is 0.396. The highest BCUT2D eigenvalue weighted by atomic mass is 32.2. The van der Waals surface area contributed by atoms with Gasteiger partial charge in [-0.05, 0) is 37.5 Å². The van der Waals surface area contributed by atoms with Crippen LogP contribution in [0.2, 0.25) is 0 Å². The highest BCUT2D eigenvalue weighted by Crippen LogP contribution is 2.21. The van der Waals surface area contributed by atoms with Crippen molar-refractivity contribution in [2.24, 2.45) is 0 Å². The van der Waals surface area contributed by atoms with E-state index in [9.17, 15) is 9.59 Å². The Morgan fingerprint density at radius 1 is 1.07 bits per heavy atom. The van der Waals surface area contributed by atoms with Crippen molar-refractivity contribution in [3.63, 3.8) is 0 Å². The summed E-state index contributed by atoms with van der Waals surface area (Å²) < 4.78 is 1.66. The third-order valence-corrected chi connectivity index (χ3v) is 5.55. The monoisotopic (exact) mass is 395 g/mol. The molecule has 3 aromatic rings. The Hall–Kier alpha value is -2.60. The summed E-state index contributed by atoms with van der Waals surface area (Å²) in [4.78, 5) is 29.8. The zero-order chi connectivity index (χ0) is 20.1. The van der Waals surface area contributed by atoms with Crippen LogP contribution in [0.15, 0.2) is 64.5 Å². The third kappa shape index (κ3) is 4.62. The van der Waals surface area contributed by atoms with Crippen molar-refractivity contribution in [1.29, 1.82) is 0 Å². The van der Waals surface area contributed by atoms with Gasteiger partial charge in [0.15, 0.2) is 5.16 Å². The highest BCUT2D eigenvalue weighted by molar-refractivity contribution is 7.99. The largest absolute Gasteiger partial charge is 0.355 e. The van der Waals surface area contributed by atoms with Gasteiger partial charge in [-0.1, -0.05) is 61.2 Å². The number of nitrogens with one attached hydrogen (secondary N) is 1. The molecule has 6 heteroatoms. The van der Waals surface area contributed by atoms with E-state index in [4.69, 9.17) is 0 Å². The number of carbonyl (C=O) groups is 1. The SMILES string of the molecule is CC(C)n1c(SCC(=O)NC[C@H](C)c2ccccc2)nc2ccccc2c1=O. The molecule has 0 fully saturated rings. The molecule has 2 aromatic carbocycles. The van der Waals surface area contributed by atoms with Crippen LogP contribution < -0.4 is 10.9 Å². The maximum absolute atomic E-state index is 12.8. The molecule has 0 saturated heterocycles. The Morgan fingerprint density at radius 2 is 1.75 bits per heavy atom. The van der Waals surface area contributed by atoms with Gasteiger partial charge in [0.25, 0.3) is 5.56 Å². The Labute approximate surface area is 169 Å². The first-order valence-corrected chi connectivity index (χ1v) is 10.4. The molecule has 0 spiro atoms. The number of para-hydroxylation sites is 1. The quantitative estimate of drug-likeness (QED) is 0.485. The number of benzene rings is 2. The van der Waals surface area contributed by atoms with E-state index in [1.165, 1.54) is 17.3 Å². The van der Waals surface area contributed by atoms with E-state index in [0.29, 0.717) is 22.6 Å². The summed E-state index contributed by atoms with van der Waals surface area (Å²) in [5.41, 5.74) is 1.78. The first kappa shape index (κ1) is 20.1. The van der Waals surface area contributed by atoms with Crippen molar-refractivity contribution >= 4 is 28.6 Å². The second-order valence-corrected chi connectivity index (χ2v) is 8.03. The van der Waals surface area contributed by atoms with E-state index >= 15 is 0 Å². The molecule has 28 heavy (non-hydrogen) atoms. The fourth-order valence-corrected chi connectivity index (χ4v) is 3.99. The molecule has 0 unspecified atom stereocenters. The molecule has 1 heterocycles. The van der Waals surface area contributed by atoms with E-state index in [1.54, 1.807) is 10.6 Å². The molecule has 146 valence electrons. The molecule has 1 N–H and O–H groups in total. The maximum atomic E-state index is 12.8. The zero-order valence-electron chi connectivity index (χ0n) is 16.4. The lowest BCUT2D eigenvalue weighted by molar-refractivity contribution is -0.118. The number of rotatable bonds is 7. The van der Waals surface area contributed by atoms with Crippen LogP contribution in [0.3, 0.4) is 0 Å². The third-order valence-electron chi connectivity index (χ3n) is 4.60. The lowest BCUT2D eigenvalue weighted by Gasteiger charge is -2.16. The van der Waals surface area contributed by atoms with Gasteiger partial charge in [-0.2, -0.15) is 0 Å². The zero-order valence-corrected chi connectivity index (χ0v) is 17.2. The highest BCUT2D eigenvalue weighted by Gasteiger charge is 2.15. The van der Waals surface area contributed by atoms with Crippen molar-refractivity contribution in [1.82, 2.24) is 14.9 Å². The Morgan fingerprint density at radius 3 is 2.46 bits per heavy atom. The molecule has 1 aromatic heterocycles. The number of hydrogen-bond acceptors (Lipinski definition) is 4. The lowest BCUT2D eigenvalue weighted by atomic mass is 10.0. The van der Waals surface area contributed by atoms with Gasteiger partial charge in [0.2, 0.25) is 5.91 Å². The van der Waals surface area contributed by atoms with Gasteiger partial charge in [-0.15, -0.1) is 0 Å². The van der Waals surface area contributed by atoms with Crippen LogP contribution in [0.4, 0.5) is 0 Å². The van der Waals surface area contributed by atoms with E-state index in [1.807, 2.05) is 50.2 Å². The first-order chi connectivity index (χ1) is 13.5. The van der Waals surface area contributed by atoms with Crippen molar-refractivity contribution in [3.8, 4) is 0 Å². The second kappa shape index (κ2) is 9.06. The number of aromatic nitrogens is 2. The normalized spacial score (nSPS) is 12.3. The summed E-state index contributed by atoms with van der Waals surface area (Å²) in [5, 5.41) is 4.15. The molecule has 0 aliphatic heterocycles. The van der Waals surface area contributed by atoms with Crippen LogP contribution in [-0.2, 0) is 4.79 Å².